The fraction of sp³-hybridized carbons (Fsp3) is 0.304. The largest absolute Gasteiger partial charge is 0.342 e. The summed E-state index contributed by atoms with van der Waals surface area (Å²) in [7, 11) is 1.83. The van der Waals surface area contributed by atoms with E-state index < -0.39 is 0 Å². The molecule has 0 spiro atoms. The molecule has 3 aromatic rings. The molecule has 0 bridgehead atoms. The molecule has 0 saturated heterocycles. The van der Waals surface area contributed by atoms with Crippen molar-refractivity contribution in [2.24, 2.45) is 7.05 Å². The van der Waals surface area contributed by atoms with Crippen LogP contribution in [0.1, 0.15) is 45.8 Å². The van der Waals surface area contributed by atoms with Gasteiger partial charge in [-0.15, -0.1) is 10.2 Å². The second-order valence-electron chi connectivity index (χ2n) is 7.60. The van der Waals surface area contributed by atoms with E-state index in [1.54, 1.807) is 10.6 Å². The van der Waals surface area contributed by atoms with Crippen LogP contribution < -0.4 is 10.6 Å². The van der Waals surface area contributed by atoms with Gasteiger partial charge in [0.1, 0.15) is 0 Å². The second kappa shape index (κ2) is 9.78. The highest BCUT2D eigenvalue weighted by Crippen LogP contribution is 2.20. The number of amides is 2. The van der Waals surface area contributed by atoms with Crippen LogP contribution in [0.5, 0.6) is 0 Å². The molecule has 0 fully saturated rings. The summed E-state index contributed by atoms with van der Waals surface area (Å²) in [6.45, 7) is 7.85. The highest BCUT2D eigenvalue weighted by atomic mass is 32.2. The molecular weight excluding hydrogens is 410 g/mol. The third-order valence-corrected chi connectivity index (χ3v) is 6.03. The minimum absolute atomic E-state index is 0.112. The lowest BCUT2D eigenvalue weighted by molar-refractivity contribution is -0.113. The first-order valence-corrected chi connectivity index (χ1v) is 11.0. The van der Waals surface area contributed by atoms with Crippen molar-refractivity contribution in [1.82, 2.24) is 20.1 Å². The average molecular weight is 438 g/mol. The van der Waals surface area contributed by atoms with Gasteiger partial charge in [0, 0.05) is 18.3 Å². The Morgan fingerprint density at radius 1 is 1.06 bits per heavy atom. The van der Waals surface area contributed by atoms with Gasteiger partial charge < -0.3 is 15.2 Å². The van der Waals surface area contributed by atoms with Gasteiger partial charge in [0.15, 0.2) is 11.0 Å². The Hall–Kier alpha value is -3.13. The molecule has 1 heterocycles. The Morgan fingerprint density at radius 3 is 2.55 bits per heavy atom. The molecule has 2 N–H and O–H groups in total. The highest BCUT2D eigenvalue weighted by molar-refractivity contribution is 7.99. The summed E-state index contributed by atoms with van der Waals surface area (Å²) in [5.41, 5.74) is 4.72. The molecule has 0 unspecified atom stereocenters. The normalized spacial score (nSPS) is 11.8. The number of anilines is 1. The Kier molecular flexibility index (Phi) is 7.12. The standard InChI is InChI=1S/C23H27N5O2S/c1-14-7-6-8-18(11-14)22(30)24-17(4)21-26-27-23(28(21)5)31-13-20(29)25-19-10-9-15(2)16(3)12-19/h6-12,17H,13H2,1-5H3,(H,24,30)(H,25,29)/t17-/m1/s1. The van der Waals surface area contributed by atoms with Crippen LogP contribution >= 0.6 is 11.8 Å². The first-order chi connectivity index (χ1) is 14.7. The number of benzene rings is 2. The quantitative estimate of drug-likeness (QED) is 0.546. The molecule has 2 amide bonds. The molecule has 3 rings (SSSR count). The highest BCUT2D eigenvalue weighted by Gasteiger charge is 2.19. The SMILES string of the molecule is Cc1cccc(C(=O)N[C@H](C)c2nnc(SCC(=O)Nc3ccc(C)c(C)c3)n2C)c1. The summed E-state index contributed by atoms with van der Waals surface area (Å²) < 4.78 is 1.80. The molecule has 0 saturated carbocycles. The number of carbonyl (C=O) groups is 2. The van der Waals surface area contributed by atoms with Crippen molar-refractivity contribution in [3.63, 3.8) is 0 Å². The molecule has 1 atom stereocenters. The second-order valence-corrected chi connectivity index (χ2v) is 8.54. The number of nitrogens with one attached hydrogen (secondary N) is 2. The molecule has 31 heavy (non-hydrogen) atoms. The third kappa shape index (κ3) is 5.73. The van der Waals surface area contributed by atoms with Crippen LogP contribution in [0.4, 0.5) is 5.69 Å². The van der Waals surface area contributed by atoms with E-state index >= 15 is 0 Å². The van der Waals surface area contributed by atoms with E-state index in [0.29, 0.717) is 16.5 Å². The Morgan fingerprint density at radius 2 is 1.84 bits per heavy atom. The maximum absolute atomic E-state index is 12.5. The summed E-state index contributed by atoms with van der Waals surface area (Å²) in [5, 5.41) is 14.9. The molecule has 2 aromatic carbocycles. The van der Waals surface area contributed by atoms with E-state index in [1.165, 1.54) is 17.3 Å². The van der Waals surface area contributed by atoms with Gasteiger partial charge in [0.25, 0.3) is 5.91 Å². The summed E-state index contributed by atoms with van der Waals surface area (Å²) in [4.78, 5) is 24.8. The van der Waals surface area contributed by atoms with Crippen LogP contribution in [0.25, 0.3) is 0 Å². The van der Waals surface area contributed by atoms with E-state index in [0.717, 1.165) is 16.8 Å². The minimum Gasteiger partial charge on any atom is -0.342 e. The van der Waals surface area contributed by atoms with Crippen molar-refractivity contribution < 1.29 is 9.59 Å². The van der Waals surface area contributed by atoms with E-state index in [4.69, 9.17) is 0 Å². The molecule has 7 nitrogen and oxygen atoms in total. The summed E-state index contributed by atoms with van der Waals surface area (Å²) in [6.07, 6.45) is 0. The van der Waals surface area contributed by atoms with Gasteiger partial charge in [-0.3, -0.25) is 9.59 Å². The molecule has 0 aliphatic rings. The van der Waals surface area contributed by atoms with Crippen molar-refractivity contribution >= 4 is 29.3 Å². The first kappa shape index (κ1) is 22.6. The lowest BCUT2D eigenvalue weighted by atomic mass is 10.1. The number of rotatable bonds is 7. The van der Waals surface area contributed by atoms with Gasteiger partial charge in [-0.2, -0.15) is 0 Å². The van der Waals surface area contributed by atoms with Gasteiger partial charge in [-0.25, -0.2) is 0 Å². The first-order valence-electron chi connectivity index (χ1n) is 10.0. The number of carbonyl (C=O) groups excluding carboxylic acids is 2. The zero-order valence-corrected chi connectivity index (χ0v) is 19.2. The van der Waals surface area contributed by atoms with Crippen molar-refractivity contribution in [3.05, 3.63) is 70.5 Å². The smallest absolute Gasteiger partial charge is 0.251 e. The molecule has 8 heteroatoms. The maximum atomic E-state index is 12.5. The van der Waals surface area contributed by atoms with Gasteiger partial charge in [-0.1, -0.05) is 35.5 Å². The molecule has 0 aliphatic heterocycles. The van der Waals surface area contributed by atoms with Crippen molar-refractivity contribution in [2.45, 2.75) is 38.9 Å². The van der Waals surface area contributed by atoms with Gasteiger partial charge in [-0.05, 0) is 63.1 Å². The minimum atomic E-state index is -0.329. The number of hydrogen-bond donors (Lipinski definition) is 2. The van der Waals surface area contributed by atoms with Crippen LogP contribution in [0.3, 0.4) is 0 Å². The van der Waals surface area contributed by atoms with E-state index in [9.17, 15) is 9.59 Å². The van der Waals surface area contributed by atoms with E-state index in [2.05, 4.69) is 20.8 Å². The fourth-order valence-electron chi connectivity index (χ4n) is 3.11. The monoisotopic (exact) mass is 437 g/mol. The predicted molar refractivity (Wildman–Crippen MR) is 123 cm³/mol. The fourth-order valence-corrected chi connectivity index (χ4v) is 3.82. The van der Waals surface area contributed by atoms with Gasteiger partial charge >= 0.3 is 0 Å². The lowest BCUT2D eigenvalue weighted by Crippen LogP contribution is -2.28. The molecule has 162 valence electrons. The van der Waals surface area contributed by atoms with Crippen LogP contribution in [-0.2, 0) is 11.8 Å². The Labute approximate surface area is 186 Å². The predicted octanol–water partition coefficient (Wildman–Crippen LogP) is 3.96. The topological polar surface area (TPSA) is 88.9 Å². The van der Waals surface area contributed by atoms with E-state index in [1.807, 2.05) is 71.1 Å². The Bertz CT molecular complexity index is 1110. The summed E-state index contributed by atoms with van der Waals surface area (Å²) >= 11 is 1.30. The summed E-state index contributed by atoms with van der Waals surface area (Å²) in [6, 6.07) is 12.9. The van der Waals surface area contributed by atoms with Crippen LogP contribution in [0.15, 0.2) is 47.6 Å². The van der Waals surface area contributed by atoms with Gasteiger partial charge in [0.2, 0.25) is 5.91 Å². The molecular formula is C23H27N5O2S. The number of hydrogen-bond acceptors (Lipinski definition) is 5. The van der Waals surface area contributed by atoms with Crippen molar-refractivity contribution in [1.29, 1.82) is 0 Å². The van der Waals surface area contributed by atoms with E-state index in [-0.39, 0.29) is 23.6 Å². The maximum Gasteiger partial charge on any atom is 0.251 e. The number of aryl methyl sites for hydroxylation is 3. The third-order valence-electron chi connectivity index (χ3n) is 5.01. The number of nitrogens with zero attached hydrogens (tertiary/aromatic N) is 3. The van der Waals surface area contributed by atoms with Crippen LogP contribution in [0, 0.1) is 20.8 Å². The van der Waals surface area contributed by atoms with Crippen LogP contribution in [-0.4, -0.2) is 32.3 Å². The Balaban J connectivity index is 1.58. The van der Waals surface area contributed by atoms with Crippen molar-refractivity contribution in [2.75, 3.05) is 11.1 Å². The lowest BCUT2D eigenvalue weighted by Gasteiger charge is -2.14. The summed E-state index contributed by atoms with van der Waals surface area (Å²) in [5.74, 6) is 0.556. The molecule has 0 radical (unpaired) electrons. The average Bonchev–Trinajstić information content (AvgIpc) is 3.09. The zero-order chi connectivity index (χ0) is 22.5. The zero-order valence-electron chi connectivity index (χ0n) is 18.4. The van der Waals surface area contributed by atoms with Gasteiger partial charge in [0.05, 0.1) is 11.8 Å². The number of aromatic nitrogens is 3. The molecule has 0 aliphatic carbocycles. The van der Waals surface area contributed by atoms with Crippen molar-refractivity contribution in [3.8, 4) is 0 Å². The van der Waals surface area contributed by atoms with Crippen LogP contribution in [0.2, 0.25) is 0 Å². The number of thioether (sulfide) groups is 1. The molecule has 1 aromatic heterocycles.